The average molecular weight is 337 g/mol. The Morgan fingerprint density at radius 1 is 0.840 bits per heavy atom. The number of anilines is 1. The average Bonchev–Trinajstić information content (AvgIpc) is 2.58. The predicted molar refractivity (Wildman–Crippen MR) is 99.8 cm³/mol. The first-order valence-electron chi connectivity index (χ1n) is 8.30. The molecular weight excluding hydrogens is 316 g/mol. The van der Waals surface area contributed by atoms with Crippen LogP contribution in [0.3, 0.4) is 0 Å². The molecule has 0 fully saturated rings. The van der Waals surface area contributed by atoms with Gasteiger partial charge in [-0.15, -0.1) is 0 Å². The third-order valence-electron chi connectivity index (χ3n) is 4.45. The third kappa shape index (κ3) is 3.87. The van der Waals surface area contributed by atoms with Gasteiger partial charge in [-0.2, -0.15) is 0 Å². The maximum atomic E-state index is 14.1. The van der Waals surface area contributed by atoms with Crippen LogP contribution in [0.25, 0.3) is 11.1 Å². The van der Waals surface area contributed by atoms with Crippen LogP contribution >= 0.6 is 0 Å². The quantitative estimate of drug-likeness (QED) is 0.600. The molecule has 0 saturated carbocycles. The molecule has 3 heteroatoms. The maximum Gasteiger partial charge on any atom is 0.146 e. The molecule has 1 N–H and O–H groups in total. The molecular formula is C22H21F2N. The molecule has 0 aliphatic heterocycles. The van der Waals surface area contributed by atoms with E-state index in [0.29, 0.717) is 12.2 Å². The zero-order chi connectivity index (χ0) is 18.0. The van der Waals surface area contributed by atoms with E-state index in [1.807, 2.05) is 39.0 Å². The highest BCUT2D eigenvalue weighted by molar-refractivity contribution is 5.65. The number of hydrogen-bond acceptors (Lipinski definition) is 1. The number of halogens is 2. The Morgan fingerprint density at radius 2 is 1.64 bits per heavy atom. The minimum Gasteiger partial charge on any atom is -0.378 e. The van der Waals surface area contributed by atoms with Gasteiger partial charge in [0, 0.05) is 6.54 Å². The Hall–Kier alpha value is -2.68. The fourth-order valence-corrected chi connectivity index (χ4v) is 2.99. The maximum absolute atomic E-state index is 14.1. The standard InChI is InChI=1S/C22H21F2N/c1-14-9-17(11-19(10-14)18-5-4-6-20(23)12-18)13-25-22-16(3)15(2)7-8-21(22)24/h4-12,25H,13H2,1-3H3. The lowest BCUT2D eigenvalue weighted by Gasteiger charge is -2.14. The van der Waals surface area contributed by atoms with Crippen LogP contribution in [0.1, 0.15) is 22.3 Å². The molecule has 0 radical (unpaired) electrons. The van der Waals surface area contributed by atoms with Gasteiger partial charge in [0.2, 0.25) is 0 Å². The number of nitrogens with one attached hydrogen (secondary N) is 1. The summed E-state index contributed by atoms with van der Waals surface area (Å²) in [5, 5.41) is 3.21. The largest absolute Gasteiger partial charge is 0.378 e. The van der Waals surface area contributed by atoms with E-state index in [9.17, 15) is 8.78 Å². The van der Waals surface area contributed by atoms with Crippen molar-refractivity contribution in [3.05, 3.63) is 88.5 Å². The summed E-state index contributed by atoms with van der Waals surface area (Å²) in [7, 11) is 0. The number of rotatable bonds is 4. The van der Waals surface area contributed by atoms with Crippen LogP contribution in [-0.4, -0.2) is 0 Å². The number of benzene rings is 3. The first-order chi connectivity index (χ1) is 11.9. The molecule has 0 aliphatic rings. The van der Waals surface area contributed by atoms with Gasteiger partial charge in [-0.25, -0.2) is 8.78 Å². The van der Waals surface area contributed by atoms with E-state index >= 15 is 0 Å². The normalized spacial score (nSPS) is 10.8. The SMILES string of the molecule is Cc1cc(CNc2c(F)ccc(C)c2C)cc(-c2cccc(F)c2)c1. The Bertz CT molecular complexity index is 916. The van der Waals surface area contributed by atoms with Crippen molar-refractivity contribution in [3.8, 4) is 11.1 Å². The zero-order valence-electron chi connectivity index (χ0n) is 14.7. The molecule has 3 aromatic carbocycles. The van der Waals surface area contributed by atoms with E-state index in [2.05, 4.69) is 11.4 Å². The summed E-state index contributed by atoms with van der Waals surface area (Å²) in [6.07, 6.45) is 0. The minimum atomic E-state index is -0.254. The Kier molecular flexibility index (Phi) is 4.84. The molecule has 3 aromatic rings. The number of aryl methyl sites for hydroxylation is 2. The molecule has 0 saturated heterocycles. The lowest BCUT2D eigenvalue weighted by molar-refractivity contribution is 0.628. The first kappa shape index (κ1) is 17.2. The molecule has 0 aliphatic carbocycles. The number of hydrogen-bond donors (Lipinski definition) is 1. The second-order valence-corrected chi connectivity index (χ2v) is 6.44. The summed E-state index contributed by atoms with van der Waals surface area (Å²) < 4.78 is 27.6. The van der Waals surface area contributed by atoms with Crippen LogP contribution in [0.15, 0.2) is 54.6 Å². The molecule has 0 aromatic heterocycles. The third-order valence-corrected chi connectivity index (χ3v) is 4.45. The van der Waals surface area contributed by atoms with E-state index in [-0.39, 0.29) is 11.6 Å². The van der Waals surface area contributed by atoms with Crippen LogP contribution < -0.4 is 5.32 Å². The van der Waals surface area contributed by atoms with Crippen molar-refractivity contribution in [3.63, 3.8) is 0 Å². The lowest BCUT2D eigenvalue weighted by Crippen LogP contribution is -2.05. The van der Waals surface area contributed by atoms with Gasteiger partial charge in [-0.3, -0.25) is 0 Å². The van der Waals surface area contributed by atoms with Gasteiger partial charge in [0.05, 0.1) is 5.69 Å². The van der Waals surface area contributed by atoms with Crippen molar-refractivity contribution in [2.75, 3.05) is 5.32 Å². The second-order valence-electron chi connectivity index (χ2n) is 6.44. The highest BCUT2D eigenvalue weighted by Crippen LogP contribution is 2.26. The molecule has 0 unspecified atom stereocenters. The summed E-state index contributed by atoms with van der Waals surface area (Å²) in [6, 6.07) is 15.9. The van der Waals surface area contributed by atoms with Crippen molar-refractivity contribution in [1.29, 1.82) is 0 Å². The van der Waals surface area contributed by atoms with Crippen LogP contribution in [0, 0.1) is 32.4 Å². The Balaban J connectivity index is 1.88. The summed E-state index contributed by atoms with van der Waals surface area (Å²) in [4.78, 5) is 0. The molecule has 0 heterocycles. The van der Waals surface area contributed by atoms with Crippen LogP contribution in [-0.2, 0) is 6.54 Å². The lowest BCUT2D eigenvalue weighted by atomic mass is 10.00. The van der Waals surface area contributed by atoms with Crippen molar-refractivity contribution in [2.45, 2.75) is 27.3 Å². The second kappa shape index (κ2) is 7.06. The van der Waals surface area contributed by atoms with Gasteiger partial charge < -0.3 is 5.32 Å². The van der Waals surface area contributed by atoms with E-state index < -0.39 is 0 Å². The molecule has 25 heavy (non-hydrogen) atoms. The minimum absolute atomic E-state index is 0.249. The molecule has 0 amide bonds. The zero-order valence-corrected chi connectivity index (χ0v) is 14.7. The summed E-state index contributed by atoms with van der Waals surface area (Å²) in [5.74, 6) is -0.503. The Labute approximate surface area is 147 Å². The topological polar surface area (TPSA) is 12.0 Å². The fourth-order valence-electron chi connectivity index (χ4n) is 2.99. The van der Waals surface area contributed by atoms with Crippen molar-refractivity contribution in [2.24, 2.45) is 0 Å². The van der Waals surface area contributed by atoms with Crippen molar-refractivity contribution < 1.29 is 8.78 Å². The van der Waals surface area contributed by atoms with Crippen molar-refractivity contribution in [1.82, 2.24) is 0 Å². The van der Waals surface area contributed by atoms with Gasteiger partial charge in [-0.1, -0.05) is 35.9 Å². The molecule has 0 bridgehead atoms. The van der Waals surface area contributed by atoms with E-state index in [1.54, 1.807) is 12.1 Å². The van der Waals surface area contributed by atoms with Crippen LogP contribution in [0.5, 0.6) is 0 Å². The molecule has 1 nitrogen and oxygen atoms in total. The van der Waals surface area contributed by atoms with E-state index in [1.165, 1.54) is 18.2 Å². The molecule has 0 spiro atoms. The van der Waals surface area contributed by atoms with Gasteiger partial charge in [-0.05, 0) is 72.9 Å². The van der Waals surface area contributed by atoms with Crippen molar-refractivity contribution >= 4 is 5.69 Å². The fraction of sp³-hybridized carbons (Fsp3) is 0.182. The van der Waals surface area contributed by atoms with Gasteiger partial charge in [0.15, 0.2) is 0 Å². The van der Waals surface area contributed by atoms with Gasteiger partial charge in [0.1, 0.15) is 11.6 Å². The predicted octanol–water partition coefficient (Wildman–Crippen LogP) is 6.17. The molecule has 0 atom stereocenters. The van der Waals surface area contributed by atoms with Crippen LogP contribution in [0.2, 0.25) is 0 Å². The summed E-state index contributed by atoms with van der Waals surface area (Å²) >= 11 is 0. The van der Waals surface area contributed by atoms with Crippen LogP contribution in [0.4, 0.5) is 14.5 Å². The smallest absolute Gasteiger partial charge is 0.146 e. The highest BCUT2D eigenvalue weighted by atomic mass is 19.1. The van der Waals surface area contributed by atoms with E-state index in [4.69, 9.17) is 0 Å². The molecule has 3 rings (SSSR count). The highest BCUT2D eigenvalue weighted by Gasteiger charge is 2.08. The monoisotopic (exact) mass is 337 g/mol. The van der Waals surface area contributed by atoms with Gasteiger partial charge in [0.25, 0.3) is 0 Å². The van der Waals surface area contributed by atoms with Gasteiger partial charge >= 0.3 is 0 Å². The summed E-state index contributed by atoms with van der Waals surface area (Å²) in [6.45, 7) is 6.39. The van der Waals surface area contributed by atoms with E-state index in [0.717, 1.165) is 33.4 Å². The Morgan fingerprint density at radius 3 is 2.40 bits per heavy atom. The summed E-state index contributed by atoms with van der Waals surface area (Å²) in [5.41, 5.74) is 6.40. The first-order valence-corrected chi connectivity index (χ1v) is 8.30. The molecule has 128 valence electrons.